The number of hydrazine groups is 1. The van der Waals surface area contributed by atoms with Crippen LogP contribution >= 0.6 is 34.8 Å². The summed E-state index contributed by atoms with van der Waals surface area (Å²) in [6, 6.07) is 10.4. The number of amides is 1. The van der Waals surface area contributed by atoms with Gasteiger partial charge in [-0.25, -0.2) is 14.7 Å². The molecule has 0 atom stereocenters. The molecule has 0 bridgehead atoms. The molecule has 0 spiro atoms. The van der Waals surface area contributed by atoms with Crippen LogP contribution in [0.1, 0.15) is 47.2 Å². The van der Waals surface area contributed by atoms with Gasteiger partial charge in [0.1, 0.15) is 17.1 Å². The second-order valence-electron chi connectivity index (χ2n) is 9.98. The van der Waals surface area contributed by atoms with Gasteiger partial charge in [0.15, 0.2) is 5.82 Å². The predicted molar refractivity (Wildman–Crippen MR) is 154 cm³/mol. The standard InChI is InChI=1S/C27H28Cl3N7O2/c1-15(2)23-22-25(37(33-23)24-19(29)13-18(28)14-20(24)30)31-21(32-27(22)39)12-16-4-6-17(7-5-16)26(38)34-36-10-8-35(3)9-11-36/h4-7,13-15,33H,8-12H2,1-3H3,(H,34,38). The maximum atomic E-state index is 13.2. The van der Waals surface area contributed by atoms with Crippen LogP contribution in [0.15, 0.2) is 41.2 Å². The van der Waals surface area contributed by atoms with Crippen LogP contribution in [-0.2, 0) is 6.42 Å². The lowest BCUT2D eigenvalue weighted by molar-refractivity contribution is 0.0662. The minimum absolute atomic E-state index is 0.00899. The number of carbonyl (C=O) groups is 1. The van der Waals surface area contributed by atoms with Gasteiger partial charge in [-0.2, -0.15) is 4.98 Å². The van der Waals surface area contributed by atoms with Gasteiger partial charge in [-0.1, -0.05) is 60.8 Å². The Balaban J connectivity index is 1.43. The highest BCUT2D eigenvalue weighted by atomic mass is 35.5. The minimum atomic E-state index is -0.391. The Kier molecular flexibility index (Phi) is 7.98. The summed E-state index contributed by atoms with van der Waals surface area (Å²) in [7, 11) is 2.07. The van der Waals surface area contributed by atoms with Gasteiger partial charge in [-0.05, 0) is 42.8 Å². The number of hydrogen-bond donors (Lipinski definition) is 2. The molecule has 0 aliphatic carbocycles. The van der Waals surface area contributed by atoms with Crippen molar-refractivity contribution in [2.75, 3.05) is 33.2 Å². The number of nitrogens with one attached hydrogen (secondary N) is 2. The van der Waals surface area contributed by atoms with Gasteiger partial charge >= 0.3 is 0 Å². The molecule has 9 nitrogen and oxygen atoms in total. The van der Waals surface area contributed by atoms with Crippen LogP contribution in [0.5, 0.6) is 0 Å². The van der Waals surface area contributed by atoms with Gasteiger partial charge in [0.2, 0.25) is 0 Å². The van der Waals surface area contributed by atoms with E-state index in [1.54, 1.807) is 28.9 Å². The normalized spacial score (nSPS) is 14.8. The van der Waals surface area contributed by atoms with E-state index in [0.29, 0.717) is 55.6 Å². The first-order valence-corrected chi connectivity index (χ1v) is 13.7. The molecular weight excluding hydrogens is 561 g/mol. The summed E-state index contributed by atoms with van der Waals surface area (Å²) in [4.78, 5) is 37.1. The van der Waals surface area contributed by atoms with Crippen molar-refractivity contribution in [2.45, 2.75) is 26.2 Å². The van der Waals surface area contributed by atoms with Crippen LogP contribution in [0, 0.1) is 0 Å². The lowest BCUT2D eigenvalue weighted by Crippen LogP contribution is -2.52. The minimum Gasteiger partial charge on any atom is -0.304 e. The van der Waals surface area contributed by atoms with Gasteiger partial charge in [0.05, 0.1) is 15.7 Å². The van der Waals surface area contributed by atoms with Gasteiger partial charge in [-0.15, -0.1) is 0 Å². The van der Waals surface area contributed by atoms with E-state index < -0.39 is 5.56 Å². The van der Waals surface area contributed by atoms with Crippen LogP contribution in [-0.4, -0.2) is 68.8 Å². The summed E-state index contributed by atoms with van der Waals surface area (Å²) in [5.41, 5.74) is 5.49. The van der Waals surface area contributed by atoms with Crippen molar-refractivity contribution in [2.24, 2.45) is 0 Å². The highest BCUT2D eigenvalue weighted by molar-refractivity contribution is 6.40. The molecule has 3 aliphatic heterocycles. The molecule has 39 heavy (non-hydrogen) atoms. The molecule has 3 heterocycles. The Bertz CT molecular complexity index is 1520. The number of aromatic nitrogens is 4. The zero-order chi connectivity index (χ0) is 27.8. The molecule has 3 aliphatic rings. The second-order valence-corrected chi connectivity index (χ2v) is 11.2. The number of rotatable bonds is 6. The molecule has 0 radical (unpaired) electrons. The summed E-state index contributed by atoms with van der Waals surface area (Å²) in [6.07, 6.45) is 0.301. The van der Waals surface area contributed by atoms with Crippen LogP contribution in [0.2, 0.25) is 15.1 Å². The predicted octanol–water partition coefficient (Wildman–Crippen LogP) is 4.63. The zero-order valence-corrected chi connectivity index (χ0v) is 24.0. The van der Waals surface area contributed by atoms with Crippen molar-refractivity contribution in [3.05, 3.63) is 84.5 Å². The number of carbonyl (C=O) groups excluding carboxylic acids is 1. The molecule has 12 heteroatoms. The Labute approximate surface area is 241 Å². The molecule has 0 aromatic heterocycles. The zero-order valence-electron chi connectivity index (χ0n) is 21.8. The molecule has 204 valence electrons. The van der Waals surface area contributed by atoms with E-state index in [-0.39, 0.29) is 11.8 Å². The third-order valence-electron chi connectivity index (χ3n) is 6.74. The average Bonchev–Trinajstić information content (AvgIpc) is 3.25. The number of nitrogens with zero attached hydrogens (tertiary/aromatic N) is 5. The van der Waals surface area contributed by atoms with Crippen molar-refractivity contribution >= 4 is 40.7 Å². The summed E-state index contributed by atoms with van der Waals surface area (Å²) in [5.74, 6) is 0.552. The quantitative estimate of drug-likeness (QED) is 0.341. The topological polar surface area (TPSA) is 99.2 Å². The van der Waals surface area contributed by atoms with E-state index in [2.05, 4.69) is 27.5 Å². The number of H-pyrrole nitrogens is 1. The molecule has 1 amide bonds. The summed E-state index contributed by atoms with van der Waals surface area (Å²) < 4.78 is 1.62. The van der Waals surface area contributed by atoms with Crippen LogP contribution in [0.25, 0.3) is 17.1 Å². The number of piperazine rings is 1. The van der Waals surface area contributed by atoms with E-state index in [4.69, 9.17) is 39.8 Å². The second kappa shape index (κ2) is 11.3. The number of aromatic amines is 1. The maximum absolute atomic E-state index is 13.2. The molecule has 0 unspecified atom stereocenters. The molecule has 2 N–H and O–H groups in total. The highest BCUT2D eigenvalue weighted by Crippen LogP contribution is 2.36. The van der Waals surface area contributed by atoms with Crippen molar-refractivity contribution < 1.29 is 4.79 Å². The van der Waals surface area contributed by atoms with Crippen LogP contribution < -0.4 is 11.0 Å². The average molecular weight is 589 g/mol. The van der Waals surface area contributed by atoms with Gasteiger partial charge in [-0.3, -0.25) is 20.1 Å². The first-order valence-electron chi connectivity index (χ1n) is 12.6. The van der Waals surface area contributed by atoms with Crippen molar-refractivity contribution in [3.63, 3.8) is 0 Å². The smallest absolute Gasteiger partial charge is 0.284 e. The van der Waals surface area contributed by atoms with Crippen LogP contribution in [0.3, 0.4) is 0 Å². The lowest BCUT2D eigenvalue weighted by Gasteiger charge is -2.32. The molecule has 2 aromatic rings. The third-order valence-corrected chi connectivity index (χ3v) is 7.53. The molecular formula is C27H28Cl3N7O2. The van der Waals surface area contributed by atoms with Gasteiger partial charge < -0.3 is 4.90 Å². The maximum Gasteiger partial charge on any atom is 0.284 e. The van der Waals surface area contributed by atoms with Gasteiger partial charge in [0.25, 0.3) is 11.5 Å². The molecule has 5 rings (SSSR count). The van der Waals surface area contributed by atoms with E-state index in [9.17, 15) is 9.59 Å². The fraction of sp³-hybridized carbons (Fsp3) is 0.333. The van der Waals surface area contributed by atoms with E-state index in [0.717, 1.165) is 31.7 Å². The summed E-state index contributed by atoms with van der Waals surface area (Å²) >= 11 is 19.1. The largest absolute Gasteiger partial charge is 0.304 e. The molecule has 1 saturated heterocycles. The number of fused-ring (bicyclic) bond motifs is 1. The Morgan fingerprint density at radius 1 is 1.03 bits per heavy atom. The lowest BCUT2D eigenvalue weighted by atomic mass is 10.0. The Morgan fingerprint density at radius 2 is 1.67 bits per heavy atom. The number of halogens is 3. The van der Waals surface area contributed by atoms with Crippen molar-refractivity contribution in [1.82, 2.24) is 35.1 Å². The Hall–Kier alpha value is -2.95. The highest BCUT2D eigenvalue weighted by Gasteiger charge is 2.27. The van der Waals surface area contributed by atoms with E-state index in [1.165, 1.54) is 0 Å². The monoisotopic (exact) mass is 587 g/mol. The SMILES string of the molecule is CC(C)c1[nH]n(-c2c(Cl)cc(Cl)cc2Cl)c2nc(Cc3ccc(C(=O)NN4CCN(C)CC4)cc3)nc(=O)c1-2. The molecule has 0 saturated carbocycles. The van der Waals surface area contributed by atoms with Crippen molar-refractivity contribution in [1.29, 1.82) is 0 Å². The Morgan fingerprint density at radius 3 is 2.28 bits per heavy atom. The first-order chi connectivity index (χ1) is 18.6. The van der Waals surface area contributed by atoms with Gasteiger partial charge in [0, 0.05) is 43.2 Å². The van der Waals surface area contributed by atoms with Crippen LogP contribution in [0.4, 0.5) is 0 Å². The number of hydrogen-bond acceptors (Lipinski definition) is 6. The molecule has 2 aromatic carbocycles. The molecule has 1 fully saturated rings. The fourth-order valence-electron chi connectivity index (χ4n) is 4.59. The fourth-order valence-corrected chi connectivity index (χ4v) is 5.57. The summed E-state index contributed by atoms with van der Waals surface area (Å²) in [5, 5.41) is 6.21. The number of likely N-dealkylation sites (N-methyl/N-ethyl adjacent to an activating group) is 1. The number of benzene rings is 2. The summed E-state index contributed by atoms with van der Waals surface area (Å²) in [6.45, 7) is 7.30. The third kappa shape index (κ3) is 5.83. The van der Waals surface area contributed by atoms with Crippen molar-refractivity contribution in [3.8, 4) is 17.1 Å². The van der Waals surface area contributed by atoms with E-state index in [1.807, 2.05) is 31.0 Å². The van der Waals surface area contributed by atoms with E-state index >= 15 is 0 Å². The first kappa shape index (κ1) is 27.6.